The molecule has 26 heavy (non-hydrogen) atoms. The van der Waals surface area contributed by atoms with Crippen LogP contribution in [0.25, 0.3) is 0 Å². The van der Waals surface area contributed by atoms with Crippen molar-refractivity contribution in [3.63, 3.8) is 0 Å². The molecule has 3 rings (SSSR count). The minimum absolute atomic E-state index is 0.0358. The lowest BCUT2D eigenvalue weighted by atomic mass is 10.3. The summed E-state index contributed by atoms with van der Waals surface area (Å²) in [4.78, 5) is 22.9. The number of amides is 1. The molecule has 0 saturated heterocycles. The molecule has 3 aromatic heterocycles. The van der Waals surface area contributed by atoms with E-state index in [1.165, 1.54) is 17.1 Å². The molecule has 0 aliphatic rings. The standard InChI is InChI=1S/C16H19N7O3/c1-3-21-7-13(11(2)20-21)8-22-9-14(5-18-22)19-15(24)10-23-6-12(4-17-23)16(25)26/h4-7,9H,3,8,10H2,1-2H3,(H,19,24)(H,25,26). The van der Waals surface area contributed by atoms with Crippen molar-refractivity contribution >= 4 is 17.6 Å². The lowest BCUT2D eigenvalue weighted by molar-refractivity contribution is -0.116. The smallest absolute Gasteiger partial charge is 0.338 e. The quantitative estimate of drug-likeness (QED) is 0.651. The number of carboxylic acid groups (broad SMARTS) is 1. The van der Waals surface area contributed by atoms with Gasteiger partial charge in [0.05, 0.1) is 35.9 Å². The lowest BCUT2D eigenvalue weighted by Crippen LogP contribution is -2.18. The second kappa shape index (κ2) is 7.21. The molecule has 0 radical (unpaired) electrons. The van der Waals surface area contributed by atoms with Gasteiger partial charge in [-0.1, -0.05) is 0 Å². The fourth-order valence-electron chi connectivity index (χ4n) is 2.47. The van der Waals surface area contributed by atoms with Gasteiger partial charge in [-0.15, -0.1) is 0 Å². The highest BCUT2D eigenvalue weighted by atomic mass is 16.4. The molecular weight excluding hydrogens is 338 g/mol. The van der Waals surface area contributed by atoms with E-state index in [-0.39, 0.29) is 18.0 Å². The van der Waals surface area contributed by atoms with Crippen molar-refractivity contribution in [1.29, 1.82) is 0 Å². The predicted molar refractivity (Wildman–Crippen MR) is 91.8 cm³/mol. The van der Waals surface area contributed by atoms with E-state index in [0.29, 0.717) is 12.2 Å². The minimum Gasteiger partial charge on any atom is -0.478 e. The number of carboxylic acids is 1. The Balaban J connectivity index is 1.59. The average Bonchev–Trinajstić information content (AvgIpc) is 3.29. The monoisotopic (exact) mass is 357 g/mol. The van der Waals surface area contributed by atoms with Crippen molar-refractivity contribution < 1.29 is 14.7 Å². The highest BCUT2D eigenvalue weighted by Gasteiger charge is 2.11. The second-order valence-electron chi connectivity index (χ2n) is 5.80. The molecule has 3 aromatic rings. The number of carbonyl (C=O) groups excluding carboxylic acids is 1. The van der Waals surface area contributed by atoms with E-state index in [4.69, 9.17) is 5.11 Å². The number of nitrogens with zero attached hydrogens (tertiary/aromatic N) is 6. The van der Waals surface area contributed by atoms with E-state index < -0.39 is 5.97 Å². The first-order valence-electron chi connectivity index (χ1n) is 8.05. The zero-order valence-electron chi connectivity index (χ0n) is 14.5. The van der Waals surface area contributed by atoms with Crippen LogP contribution in [0.2, 0.25) is 0 Å². The maximum atomic E-state index is 12.1. The van der Waals surface area contributed by atoms with Crippen LogP contribution in [0, 0.1) is 6.92 Å². The topological polar surface area (TPSA) is 120 Å². The Bertz CT molecular complexity index is 937. The number of hydrogen-bond acceptors (Lipinski definition) is 5. The number of carbonyl (C=O) groups is 2. The van der Waals surface area contributed by atoms with Crippen LogP contribution in [0.5, 0.6) is 0 Å². The van der Waals surface area contributed by atoms with Gasteiger partial charge >= 0.3 is 5.97 Å². The van der Waals surface area contributed by atoms with E-state index in [0.717, 1.165) is 17.8 Å². The fraction of sp³-hybridized carbons (Fsp3) is 0.312. The fourth-order valence-corrected chi connectivity index (χ4v) is 2.47. The first-order chi connectivity index (χ1) is 12.4. The molecule has 136 valence electrons. The summed E-state index contributed by atoms with van der Waals surface area (Å²) in [7, 11) is 0. The molecule has 2 N–H and O–H groups in total. The highest BCUT2D eigenvalue weighted by molar-refractivity contribution is 5.90. The van der Waals surface area contributed by atoms with Crippen molar-refractivity contribution in [2.75, 3.05) is 5.32 Å². The molecule has 0 spiro atoms. The van der Waals surface area contributed by atoms with Crippen molar-refractivity contribution in [1.82, 2.24) is 29.3 Å². The predicted octanol–water partition coefficient (Wildman–Crippen LogP) is 0.990. The van der Waals surface area contributed by atoms with E-state index in [9.17, 15) is 9.59 Å². The summed E-state index contributed by atoms with van der Waals surface area (Å²) in [5, 5.41) is 24.1. The largest absolute Gasteiger partial charge is 0.478 e. The molecule has 0 fully saturated rings. The Morgan fingerprint density at radius 3 is 2.54 bits per heavy atom. The van der Waals surface area contributed by atoms with Crippen LogP contribution in [-0.2, 0) is 24.4 Å². The maximum absolute atomic E-state index is 12.1. The summed E-state index contributed by atoms with van der Waals surface area (Å²) in [5.74, 6) is -1.40. The van der Waals surface area contributed by atoms with Crippen LogP contribution in [-0.4, -0.2) is 46.3 Å². The van der Waals surface area contributed by atoms with Gasteiger partial charge < -0.3 is 10.4 Å². The normalized spacial score (nSPS) is 10.8. The first kappa shape index (κ1) is 17.4. The third kappa shape index (κ3) is 3.97. The molecule has 0 bridgehead atoms. The number of aryl methyl sites for hydroxylation is 2. The van der Waals surface area contributed by atoms with Crippen LogP contribution in [0.3, 0.4) is 0 Å². The summed E-state index contributed by atoms with van der Waals surface area (Å²) < 4.78 is 4.86. The Labute approximate surface area is 149 Å². The number of aromatic carboxylic acids is 1. The molecule has 0 unspecified atom stereocenters. The Hall–Kier alpha value is -3.43. The molecule has 0 atom stereocenters. The van der Waals surface area contributed by atoms with Gasteiger partial charge in [0.2, 0.25) is 5.91 Å². The van der Waals surface area contributed by atoms with Crippen LogP contribution in [0.15, 0.2) is 31.0 Å². The van der Waals surface area contributed by atoms with Crippen molar-refractivity contribution in [3.05, 3.63) is 47.8 Å². The van der Waals surface area contributed by atoms with Gasteiger partial charge in [-0.3, -0.25) is 18.8 Å². The molecule has 10 nitrogen and oxygen atoms in total. The number of anilines is 1. The summed E-state index contributed by atoms with van der Waals surface area (Å²) in [5.41, 5.74) is 2.60. The van der Waals surface area contributed by atoms with Gasteiger partial charge in [-0.2, -0.15) is 15.3 Å². The minimum atomic E-state index is -1.08. The Kier molecular flexibility index (Phi) is 4.83. The van der Waals surface area contributed by atoms with Crippen LogP contribution in [0.1, 0.15) is 28.5 Å². The number of hydrogen-bond donors (Lipinski definition) is 2. The second-order valence-corrected chi connectivity index (χ2v) is 5.80. The van der Waals surface area contributed by atoms with Gasteiger partial charge in [0.1, 0.15) is 6.54 Å². The van der Waals surface area contributed by atoms with Crippen molar-refractivity contribution in [2.24, 2.45) is 0 Å². The summed E-state index contributed by atoms with van der Waals surface area (Å²) in [6.45, 7) is 5.25. The van der Waals surface area contributed by atoms with Gasteiger partial charge in [0, 0.05) is 30.7 Å². The summed E-state index contributed by atoms with van der Waals surface area (Å²) >= 11 is 0. The summed E-state index contributed by atoms with van der Waals surface area (Å²) in [6.07, 6.45) is 7.77. The molecule has 0 saturated carbocycles. The Morgan fingerprint density at radius 2 is 1.88 bits per heavy atom. The molecule has 10 heteroatoms. The molecule has 1 amide bonds. The van der Waals surface area contributed by atoms with Crippen LogP contribution in [0.4, 0.5) is 5.69 Å². The Morgan fingerprint density at radius 1 is 1.12 bits per heavy atom. The third-order valence-corrected chi connectivity index (χ3v) is 3.81. The number of nitrogens with one attached hydrogen (secondary N) is 1. The van der Waals surface area contributed by atoms with Crippen molar-refractivity contribution in [3.8, 4) is 0 Å². The van der Waals surface area contributed by atoms with E-state index in [2.05, 4.69) is 20.6 Å². The van der Waals surface area contributed by atoms with E-state index >= 15 is 0 Å². The average molecular weight is 357 g/mol. The lowest BCUT2D eigenvalue weighted by Gasteiger charge is -2.02. The van der Waals surface area contributed by atoms with Crippen LogP contribution < -0.4 is 5.32 Å². The van der Waals surface area contributed by atoms with Gasteiger partial charge in [0.15, 0.2) is 0 Å². The van der Waals surface area contributed by atoms with Gasteiger partial charge in [0.25, 0.3) is 0 Å². The van der Waals surface area contributed by atoms with Gasteiger partial charge in [-0.25, -0.2) is 4.79 Å². The zero-order chi connectivity index (χ0) is 18.7. The zero-order valence-corrected chi connectivity index (χ0v) is 14.5. The van der Waals surface area contributed by atoms with Gasteiger partial charge in [-0.05, 0) is 13.8 Å². The first-order valence-corrected chi connectivity index (χ1v) is 8.05. The van der Waals surface area contributed by atoms with Crippen molar-refractivity contribution in [2.45, 2.75) is 33.5 Å². The summed E-state index contributed by atoms with van der Waals surface area (Å²) in [6, 6.07) is 0. The maximum Gasteiger partial charge on any atom is 0.338 e. The number of aromatic nitrogens is 6. The van der Waals surface area contributed by atoms with E-state index in [1.807, 2.05) is 24.7 Å². The highest BCUT2D eigenvalue weighted by Crippen LogP contribution is 2.11. The molecule has 3 heterocycles. The number of rotatable bonds is 7. The molecule has 0 aliphatic heterocycles. The third-order valence-electron chi connectivity index (χ3n) is 3.81. The molecule has 0 aliphatic carbocycles. The SMILES string of the molecule is CCn1cc(Cn2cc(NC(=O)Cn3cc(C(=O)O)cn3)cn2)c(C)n1. The van der Waals surface area contributed by atoms with Crippen LogP contribution >= 0.6 is 0 Å². The molecule has 0 aromatic carbocycles. The molecular formula is C16H19N7O3. The van der Waals surface area contributed by atoms with E-state index in [1.54, 1.807) is 17.1 Å².